The number of hydrogen-bond donors (Lipinski definition) is 0. The predicted molar refractivity (Wildman–Crippen MR) is 291 cm³/mol. The van der Waals surface area contributed by atoms with Gasteiger partial charge in [0.2, 0.25) is 0 Å². The molecule has 1 atom stereocenters. The molecule has 2 aliphatic heterocycles. The summed E-state index contributed by atoms with van der Waals surface area (Å²) in [5.74, 6) is 3.48. The lowest BCUT2D eigenvalue weighted by Gasteiger charge is -2.47. The Morgan fingerprint density at radius 2 is 1.56 bits per heavy atom. The molecule has 72 heavy (non-hydrogen) atoms. The Labute approximate surface area is 428 Å². The Kier molecular flexibility index (Phi) is 15.3. The minimum Gasteiger partial charge on any atom is -0.468 e. The lowest BCUT2D eigenvalue weighted by atomic mass is 9.63. The minimum absolute atomic E-state index is 0.00343. The van der Waals surface area contributed by atoms with Crippen LogP contribution in [-0.4, -0.2) is 113 Å². The smallest absolute Gasteiger partial charge is 0.319 e. The highest BCUT2D eigenvalue weighted by molar-refractivity contribution is 6.90. The number of rotatable bonds is 18. The molecule has 10 nitrogen and oxygen atoms in total. The van der Waals surface area contributed by atoms with E-state index in [2.05, 4.69) is 118 Å². The molecule has 2 aromatic heterocycles. The first-order valence-electron chi connectivity index (χ1n) is 26.7. The van der Waals surface area contributed by atoms with Crippen LogP contribution >= 0.6 is 0 Å². The molecule has 0 N–H and O–H groups in total. The number of Topliss-reactive ketones (excluding diaryl/α,β-unsaturated/α-hetero) is 1. The van der Waals surface area contributed by atoms with Gasteiger partial charge < -0.3 is 24.0 Å². The van der Waals surface area contributed by atoms with Gasteiger partial charge in [-0.2, -0.15) is 9.97 Å². The standard InChI is InChI=1S/C58H76F2N6O4Si2/c1-40(2)72(41(3)4,42(5)6)30-19-46-49(59)17-16-44-32-45(70-39-68-29-31-71(7,8)9)33-47(51(44)46)53-52(60)54-48(34-61-53)55(66-24-13-20-58(37-66)21-18-50(58)67)63-56(62-54)69-38-57(22-23-57)36-65-27-25-64(26-28-65)35-43-14-11-10-12-15-43/h10-12,14-17,32-34,40-42H,13,18,20-29,31,35-39H2,1-9H3/t58-/m0/s1. The van der Waals surface area contributed by atoms with Crippen LogP contribution in [0.3, 0.4) is 0 Å². The quantitative estimate of drug-likeness (QED) is 0.0366. The molecule has 5 aromatic rings. The van der Waals surface area contributed by atoms with Crippen molar-refractivity contribution in [3.05, 3.63) is 83.6 Å². The van der Waals surface area contributed by atoms with Gasteiger partial charge in [0.05, 0.1) is 17.6 Å². The second kappa shape index (κ2) is 21.2. The fourth-order valence-electron chi connectivity index (χ4n) is 12.0. The van der Waals surface area contributed by atoms with E-state index in [9.17, 15) is 4.79 Å². The molecule has 14 heteroatoms. The van der Waals surface area contributed by atoms with Gasteiger partial charge in [-0.3, -0.25) is 14.7 Å². The summed E-state index contributed by atoms with van der Waals surface area (Å²) >= 11 is 0. The highest BCUT2D eigenvalue weighted by Crippen LogP contribution is 2.49. The third-order valence-electron chi connectivity index (χ3n) is 16.6. The molecular weight excluding hydrogens is 939 g/mol. The highest BCUT2D eigenvalue weighted by Gasteiger charge is 2.49. The van der Waals surface area contributed by atoms with Crippen LogP contribution in [0.2, 0.25) is 42.3 Å². The maximum absolute atomic E-state index is 18.1. The molecule has 0 bridgehead atoms. The Morgan fingerprint density at radius 3 is 2.21 bits per heavy atom. The van der Waals surface area contributed by atoms with E-state index in [-0.39, 0.29) is 40.8 Å². The number of piperidine rings is 1. The number of carbonyl (C=O) groups excluding carboxylic acids is 1. The van der Waals surface area contributed by atoms with E-state index >= 15 is 8.78 Å². The summed E-state index contributed by atoms with van der Waals surface area (Å²) in [4.78, 5) is 35.2. The summed E-state index contributed by atoms with van der Waals surface area (Å²) < 4.78 is 53.5. The monoisotopic (exact) mass is 1010 g/mol. The van der Waals surface area contributed by atoms with E-state index < -0.39 is 33.2 Å². The van der Waals surface area contributed by atoms with Gasteiger partial charge in [0, 0.05) is 101 Å². The molecule has 2 saturated carbocycles. The fourth-order valence-corrected chi connectivity index (χ4v) is 17.9. The van der Waals surface area contributed by atoms with Gasteiger partial charge >= 0.3 is 6.01 Å². The van der Waals surface area contributed by atoms with Crippen LogP contribution in [0.25, 0.3) is 32.9 Å². The summed E-state index contributed by atoms with van der Waals surface area (Å²) in [6.07, 6.45) is 6.76. The van der Waals surface area contributed by atoms with Crippen molar-refractivity contribution in [1.29, 1.82) is 0 Å². The summed E-state index contributed by atoms with van der Waals surface area (Å²) in [7, 11) is -3.66. The van der Waals surface area contributed by atoms with Gasteiger partial charge in [-0.05, 0) is 83.9 Å². The molecular formula is C58H76F2N6O4Si2. The number of ether oxygens (including phenoxy) is 3. The third-order valence-corrected chi connectivity index (χ3v) is 24.5. The lowest BCUT2D eigenvalue weighted by Crippen LogP contribution is -2.53. The van der Waals surface area contributed by atoms with E-state index in [1.807, 2.05) is 6.07 Å². The van der Waals surface area contributed by atoms with E-state index in [1.54, 1.807) is 18.3 Å². The number of piperazine rings is 1. The van der Waals surface area contributed by atoms with Crippen LogP contribution in [-0.2, 0) is 16.1 Å². The largest absolute Gasteiger partial charge is 0.468 e. The first-order valence-corrected chi connectivity index (χ1v) is 32.6. The van der Waals surface area contributed by atoms with Crippen molar-refractivity contribution in [1.82, 2.24) is 24.8 Å². The molecule has 384 valence electrons. The van der Waals surface area contributed by atoms with Crippen molar-refractivity contribution in [3.63, 3.8) is 0 Å². The van der Waals surface area contributed by atoms with Crippen molar-refractivity contribution in [3.8, 4) is 34.5 Å². The Balaban J connectivity index is 1.10. The number of halogens is 2. The van der Waals surface area contributed by atoms with Gasteiger partial charge in [-0.1, -0.05) is 104 Å². The van der Waals surface area contributed by atoms with E-state index in [0.717, 1.165) is 77.4 Å². The van der Waals surface area contributed by atoms with Gasteiger partial charge in [-0.15, -0.1) is 5.54 Å². The Hall–Kier alpha value is -4.79. The molecule has 1 spiro atoms. The first kappa shape index (κ1) is 52.1. The second-order valence-electron chi connectivity index (χ2n) is 23.7. The second-order valence-corrected chi connectivity index (χ2v) is 34.9. The van der Waals surface area contributed by atoms with Crippen LogP contribution < -0.4 is 14.4 Å². The zero-order chi connectivity index (χ0) is 51.0. The van der Waals surface area contributed by atoms with Crippen LogP contribution in [0.5, 0.6) is 11.8 Å². The summed E-state index contributed by atoms with van der Waals surface area (Å²) in [6, 6.07) is 18.5. The van der Waals surface area contributed by atoms with Gasteiger partial charge in [-0.25, -0.2) is 8.78 Å². The molecule has 4 heterocycles. The summed E-state index contributed by atoms with van der Waals surface area (Å²) in [5, 5.41) is 1.54. The fraction of sp³-hybridized carbons (Fsp3) is 0.552. The number of carbonyl (C=O) groups is 1. The predicted octanol–water partition coefficient (Wildman–Crippen LogP) is 12.3. The molecule has 0 unspecified atom stereocenters. The van der Waals surface area contributed by atoms with Gasteiger partial charge in [0.1, 0.15) is 42.5 Å². The molecule has 4 fully saturated rings. The van der Waals surface area contributed by atoms with E-state index in [0.29, 0.717) is 82.6 Å². The van der Waals surface area contributed by atoms with Crippen molar-refractivity contribution in [2.75, 3.05) is 70.7 Å². The number of anilines is 1. The van der Waals surface area contributed by atoms with Crippen LogP contribution in [0.1, 0.15) is 91.2 Å². The van der Waals surface area contributed by atoms with Gasteiger partial charge in [0.25, 0.3) is 0 Å². The molecule has 0 amide bonds. The molecule has 9 rings (SSSR count). The molecule has 2 aliphatic carbocycles. The van der Waals surface area contributed by atoms with Crippen molar-refractivity contribution >= 4 is 49.4 Å². The van der Waals surface area contributed by atoms with E-state index in [4.69, 9.17) is 29.2 Å². The average Bonchev–Trinajstić information content (AvgIpc) is 4.12. The maximum Gasteiger partial charge on any atom is 0.319 e. The highest BCUT2D eigenvalue weighted by atomic mass is 28.3. The van der Waals surface area contributed by atoms with Gasteiger partial charge in [0.15, 0.2) is 12.6 Å². The third kappa shape index (κ3) is 11.0. The number of ketones is 1. The van der Waals surface area contributed by atoms with Crippen LogP contribution in [0, 0.1) is 33.9 Å². The maximum atomic E-state index is 18.1. The topological polar surface area (TPSA) is 93.2 Å². The molecule has 3 aromatic carbocycles. The zero-order valence-corrected chi connectivity index (χ0v) is 46.3. The molecule has 0 radical (unpaired) electrons. The van der Waals surface area contributed by atoms with Crippen molar-refractivity contribution in [2.24, 2.45) is 10.8 Å². The Bertz CT molecular complexity index is 2810. The molecule has 4 aliphatic rings. The normalized spacial score (nSPS) is 19.6. The number of nitrogens with zero attached hydrogens (tertiary/aromatic N) is 6. The molecule has 2 saturated heterocycles. The number of aromatic nitrogens is 3. The zero-order valence-electron chi connectivity index (χ0n) is 44.3. The number of pyridine rings is 1. The number of benzene rings is 3. The number of fused-ring (bicyclic) bond motifs is 2. The van der Waals surface area contributed by atoms with Crippen molar-refractivity contribution < 1.29 is 27.8 Å². The summed E-state index contributed by atoms with van der Waals surface area (Å²) in [5.41, 5.74) is 6.17. The van der Waals surface area contributed by atoms with Crippen LogP contribution in [0.4, 0.5) is 14.6 Å². The number of hydrogen-bond acceptors (Lipinski definition) is 10. The SMILES string of the molecule is CC(C)[Si](C#Cc1c(F)ccc2cc(OCOCC[Si](C)(C)C)cc(-c3ncc4c(N5CCC[C@]6(CCC6=O)C5)nc(OCC5(CN6CCN(Cc7ccccc7)CC6)CC5)nc4c3F)c12)(C(C)C)C(C)C. The van der Waals surface area contributed by atoms with E-state index in [1.165, 1.54) is 11.6 Å². The minimum atomic E-state index is -2.32. The summed E-state index contributed by atoms with van der Waals surface area (Å²) in [6.45, 7) is 28.3. The van der Waals surface area contributed by atoms with Crippen LogP contribution in [0.15, 0.2) is 60.8 Å². The van der Waals surface area contributed by atoms with Crippen molar-refractivity contribution in [2.45, 2.75) is 129 Å². The lowest BCUT2D eigenvalue weighted by molar-refractivity contribution is -0.138. The Morgan fingerprint density at radius 1 is 0.833 bits per heavy atom. The average molecular weight is 1020 g/mol. The first-order chi connectivity index (χ1) is 34.4.